The van der Waals surface area contributed by atoms with E-state index in [0.717, 1.165) is 12.8 Å². The van der Waals surface area contributed by atoms with Crippen LogP contribution >= 0.6 is 0 Å². The van der Waals surface area contributed by atoms with Gasteiger partial charge in [0.15, 0.2) is 5.92 Å². The molecule has 5 N–H and O–H groups in total. The van der Waals surface area contributed by atoms with Crippen molar-refractivity contribution in [3.63, 3.8) is 0 Å². The highest BCUT2D eigenvalue weighted by Gasteiger charge is 2.25. The molecule has 2 amide bonds. The number of carbonyl (C=O) groups is 4. The largest absolute Gasteiger partial charge is 0.481 e. The van der Waals surface area contributed by atoms with Crippen LogP contribution in [-0.4, -0.2) is 39.2 Å². The number of carboxylic acid groups (broad SMARTS) is 2. The van der Waals surface area contributed by atoms with Crippen LogP contribution in [0.2, 0.25) is 0 Å². The molecular weight excluding hydrogens is 356 g/mol. The van der Waals surface area contributed by atoms with Gasteiger partial charge in [-0.1, -0.05) is 25.0 Å². The number of hydroxylamine groups is 1. The van der Waals surface area contributed by atoms with E-state index in [1.54, 1.807) is 29.7 Å². The summed E-state index contributed by atoms with van der Waals surface area (Å²) < 4.78 is 0. The second kappa shape index (κ2) is 11.6. The number of unbranched alkanes of at least 4 members (excludes halogenated alkanes) is 3. The summed E-state index contributed by atoms with van der Waals surface area (Å²) in [5.74, 6) is -4.87. The van der Waals surface area contributed by atoms with E-state index in [4.69, 9.17) is 15.4 Å². The number of hydrogen-bond acceptors (Lipinski definition) is 5. The van der Waals surface area contributed by atoms with E-state index in [2.05, 4.69) is 5.32 Å². The molecule has 0 saturated carbocycles. The molecule has 1 aromatic rings. The third-order valence-corrected chi connectivity index (χ3v) is 3.96. The number of carbonyl (C=O) groups excluding carboxylic acids is 2. The van der Waals surface area contributed by atoms with Crippen molar-refractivity contribution in [3.8, 4) is 0 Å². The lowest BCUT2D eigenvalue weighted by Crippen LogP contribution is -2.25. The molecule has 27 heavy (non-hydrogen) atoms. The predicted octanol–water partition coefficient (Wildman–Crippen LogP) is 1.80. The highest BCUT2D eigenvalue weighted by molar-refractivity contribution is 5.93. The molecule has 0 fully saturated rings. The molecule has 1 rings (SSSR count). The van der Waals surface area contributed by atoms with Crippen molar-refractivity contribution in [2.75, 3.05) is 5.32 Å². The summed E-state index contributed by atoms with van der Waals surface area (Å²) in [6.07, 6.45) is 3.33. The lowest BCUT2D eigenvalue weighted by molar-refractivity contribution is -0.154. The van der Waals surface area contributed by atoms with Crippen LogP contribution < -0.4 is 10.8 Å². The SMILES string of the molecule is O=C(CCCCCCC(=O)Nc1ccc(CC(C(=O)O)C(=O)O)cc1)NO. The van der Waals surface area contributed by atoms with E-state index in [1.165, 1.54) is 0 Å². The Balaban J connectivity index is 2.34. The molecule has 0 radical (unpaired) electrons. The Bertz CT molecular complexity index is 644. The maximum Gasteiger partial charge on any atom is 0.318 e. The molecule has 0 aliphatic rings. The quantitative estimate of drug-likeness (QED) is 0.160. The lowest BCUT2D eigenvalue weighted by atomic mass is 9.99. The number of aliphatic carboxylic acids is 2. The van der Waals surface area contributed by atoms with E-state index in [1.807, 2.05) is 0 Å². The number of anilines is 1. The Morgan fingerprint density at radius 2 is 1.33 bits per heavy atom. The van der Waals surface area contributed by atoms with Crippen LogP contribution in [-0.2, 0) is 25.6 Å². The molecule has 0 atom stereocenters. The minimum atomic E-state index is -1.51. The first kappa shape index (κ1) is 22.1. The third-order valence-electron chi connectivity index (χ3n) is 3.96. The molecule has 0 saturated heterocycles. The van der Waals surface area contributed by atoms with Crippen LogP contribution in [0, 0.1) is 5.92 Å². The van der Waals surface area contributed by atoms with Gasteiger partial charge in [0, 0.05) is 18.5 Å². The summed E-state index contributed by atoms with van der Waals surface area (Å²) in [5, 5.41) is 28.8. The molecule has 0 aromatic heterocycles. The number of rotatable bonds is 12. The van der Waals surface area contributed by atoms with Crippen LogP contribution in [0.1, 0.15) is 44.1 Å². The fourth-order valence-corrected chi connectivity index (χ4v) is 2.44. The summed E-state index contributed by atoms with van der Waals surface area (Å²) in [6, 6.07) is 6.37. The predicted molar refractivity (Wildman–Crippen MR) is 95.2 cm³/mol. The van der Waals surface area contributed by atoms with Crippen LogP contribution in [0.3, 0.4) is 0 Å². The molecule has 1 aromatic carbocycles. The summed E-state index contributed by atoms with van der Waals surface area (Å²) in [4.78, 5) is 44.5. The molecule has 0 unspecified atom stereocenters. The first-order chi connectivity index (χ1) is 12.8. The zero-order valence-corrected chi connectivity index (χ0v) is 14.8. The van der Waals surface area contributed by atoms with Crippen molar-refractivity contribution in [1.82, 2.24) is 5.48 Å². The summed E-state index contributed by atoms with van der Waals surface area (Å²) in [5.41, 5.74) is 2.66. The molecule has 0 aliphatic heterocycles. The smallest absolute Gasteiger partial charge is 0.318 e. The van der Waals surface area contributed by atoms with E-state index in [9.17, 15) is 19.2 Å². The van der Waals surface area contributed by atoms with Gasteiger partial charge in [-0.05, 0) is 37.0 Å². The van der Waals surface area contributed by atoms with Gasteiger partial charge in [0.1, 0.15) is 0 Å². The molecule has 0 bridgehead atoms. The summed E-state index contributed by atoms with van der Waals surface area (Å²) >= 11 is 0. The average Bonchev–Trinajstić information content (AvgIpc) is 2.63. The second-order valence-corrected chi connectivity index (χ2v) is 6.13. The number of benzene rings is 1. The van der Waals surface area contributed by atoms with Crippen molar-refractivity contribution >= 4 is 29.4 Å². The second-order valence-electron chi connectivity index (χ2n) is 6.13. The minimum absolute atomic E-state index is 0.132. The van der Waals surface area contributed by atoms with Crippen molar-refractivity contribution in [2.45, 2.75) is 44.9 Å². The van der Waals surface area contributed by atoms with Crippen LogP contribution in [0.5, 0.6) is 0 Å². The van der Waals surface area contributed by atoms with Crippen molar-refractivity contribution in [2.24, 2.45) is 5.92 Å². The minimum Gasteiger partial charge on any atom is -0.481 e. The Kier molecular flexibility index (Phi) is 9.52. The number of hydrogen-bond donors (Lipinski definition) is 5. The molecule has 0 heterocycles. The number of carboxylic acids is 2. The Morgan fingerprint density at radius 1 is 0.815 bits per heavy atom. The molecule has 148 valence electrons. The maximum absolute atomic E-state index is 11.9. The Hall–Kier alpha value is -2.94. The van der Waals surface area contributed by atoms with Gasteiger partial charge < -0.3 is 15.5 Å². The first-order valence-electron chi connectivity index (χ1n) is 8.60. The van der Waals surface area contributed by atoms with E-state index >= 15 is 0 Å². The fourth-order valence-electron chi connectivity index (χ4n) is 2.44. The molecule has 0 aliphatic carbocycles. The monoisotopic (exact) mass is 380 g/mol. The topological polar surface area (TPSA) is 153 Å². The first-order valence-corrected chi connectivity index (χ1v) is 8.60. The van der Waals surface area contributed by atoms with Gasteiger partial charge in [-0.2, -0.15) is 0 Å². The van der Waals surface area contributed by atoms with Crippen LogP contribution in [0.4, 0.5) is 5.69 Å². The van der Waals surface area contributed by atoms with Crippen molar-refractivity contribution < 1.29 is 34.6 Å². The van der Waals surface area contributed by atoms with Gasteiger partial charge in [0.2, 0.25) is 11.8 Å². The zero-order chi connectivity index (χ0) is 20.2. The Labute approximate surface area is 156 Å². The van der Waals surface area contributed by atoms with Crippen molar-refractivity contribution in [1.29, 1.82) is 0 Å². The van der Waals surface area contributed by atoms with Gasteiger partial charge >= 0.3 is 11.9 Å². The zero-order valence-electron chi connectivity index (χ0n) is 14.8. The fraction of sp³-hybridized carbons (Fsp3) is 0.444. The van der Waals surface area contributed by atoms with Gasteiger partial charge in [-0.15, -0.1) is 0 Å². The van der Waals surface area contributed by atoms with E-state index in [0.29, 0.717) is 30.5 Å². The highest BCUT2D eigenvalue weighted by Crippen LogP contribution is 2.15. The summed E-state index contributed by atoms with van der Waals surface area (Å²) in [7, 11) is 0. The average molecular weight is 380 g/mol. The lowest BCUT2D eigenvalue weighted by Gasteiger charge is -2.09. The standard InChI is InChI=1S/C18H24N2O7/c21-15(5-3-1-2-4-6-16(22)20-27)19-13-9-7-12(8-10-13)11-14(17(23)24)18(25)26/h7-10,14,27H,1-6,11H2,(H,19,21)(H,20,22)(H,23,24)(H,25,26). The Morgan fingerprint density at radius 3 is 1.81 bits per heavy atom. The summed E-state index contributed by atoms with van der Waals surface area (Å²) in [6.45, 7) is 0. The maximum atomic E-state index is 11.9. The normalized spacial score (nSPS) is 10.4. The number of nitrogens with one attached hydrogen (secondary N) is 2. The molecule has 9 nitrogen and oxygen atoms in total. The van der Waals surface area contributed by atoms with E-state index < -0.39 is 23.8 Å². The molecule has 9 heteroatoms. The van der Waals surface area contributed by atoms with Crippen LogP contribution in [0.25, 0.3) is 0 Å². The third kappa shape index (κ3) is 8.82. The van der Waals surface area contributed by atoms with Gasteiger partial charge in [-0.3, -0.25) is 24.4 Å². The van der Waals surface area contributed by atoms with Gasteiger partial charge in [0.25, 0.3) is 0 Å². The molecular formula is C18H24N2O7. The van der Waals surface area contributed by atoms with Crippen molar-refractivity contribution in [3.05, 3.63) is 29.8 Å². The van der Waals surface area contributed by atoms with Gasteiger partial charge in [0.05, 0.1) is 0 Å². The number of amides is 2. The highest BCUT2D eigenvalue weighted by atomic mass is 16.5. The van der Waals surface area contributed by atoms with E-state index in [-0.39, 0.29) is 18.7 Å². The van der Waals surface area contributed by atoms with Gasteiger partial charge in [-0.25, -0.2) is 5.48 Å². The molecule has 0 spiro atoms. The van der Waals surface area contributed by atoms with Crippen LogP contribution in [0.15, 0.2) is 24.3 Å².